The molecule has 0 amide bonds. The van der Waals surface area contributed by atoms with Gasteiger partial charge in [0.15, 0.2) is 5.75 Å². The molecule has 0 aliphatic heterocycles. The third kappa shape index (κ3) is 1.52. The molecule has 1 N–H and O–H groups in total. The number of methoxy groups -OCH3 is 1. The van der Waals surface area contributed by atoms with Gasteiger partial charge in [0.2, 0.25) is 0 Å². The number of hydrogen-bond acceptors (Lipinski definition) is 4. The molecule has 0 fully saturated rings. The van der Waals surface area contributed by atoms with Crippen LogP contribution in [0.5, 0.6) is 11.5 Å². The van der Waals surface area contributed by atoms with Gasteiger partial charge in [0.1, 0.15) is 5.75 Å². The first-order valence-corrected chi connectivity index (χ1v) is 4.57. The van der Waals surface area contributed by atoms with Crippen molar-refractivity contribution < 1.29 is 14.8 Å². The Morgan fingerprint density at radius 3 is 2.69 bits per heavy atom. The van der Waals surface area contributed by atoms with Crippen LogP contribution in [0.1, 0.15) is 0 Å². The molecule has 5 nitrogen and oxygen atoms in total. The molecule has 0 bridgehead atoms. The molecule has 0 saturated carbocycles. The van der Waals surface area contributed by atoms with E-state index in [0.29, 0.717) is 16.5 Å². The number of phenolic OH excluding ortho intramolecular Hbond substituents is 1. The van der Waals surface area contributed by atoms with Crippen molar-refractivity contribution in [2.75, 3.05) is 7.11 Å². The Kier molecular flexibility index (Phi) is 2.36. The maximum atomic E-state index is 10.8. The Morgan fingerprint density at radius 1 is 1.31 bits per heavy atom. The molecule has 0 saturated heterocycles. The number of benzene rings is 2. The fourth-order valence-corrected chi connectivity index (χ4v) is 1.60. The van der Waals surface area contributed by atoms with E-state index in [1.165, 1.54) is 13.2 Å². The zero-order chi connectivity index (χ0) is 11.7. The zero-order valence-electron chi connectivity index (χ0n) is 8.51. The van der Waals surface area contributed by atoms with Gasteiger partial charge in [-0.1, -0.05) is 6.07 Å². The number of nitro benzene ring substituents is 1. The Hall–Kier alpha value is -2.30. The van der Waals surface area contributed by atoms with Crippen LogP contribution in [0.2, 0.25) is 0 Å². The van der Waals surface area contributed by atoms with E-state index in [2.05, 4.69) is 0 Å². The van der Waals surface area contributed by atoms with Crippen molar-refractivity contribution in [3.63, 3.8) is 0 Å². The van der Waals surface area contributed by atoms with E-state index in [-0.39, 0.29) is 11.4 Å². The zero-order valence-corrected chi connectivity index (χ0v) is 8.51. The number of ether oxygens (including phenoxy) is 1. The van der Waals surface area contributed by atoms with Crippen molar-refractivity contribution in [1.82, 2.24) is 0 Å². The quantitative estimate of drug-likeness (QED) is 0.622. The number of nitrogens with zero attached hydrogens (tertiary/aromatic N) is 1. The lowest BCUT2D eigenvalue weighted by atomic mass is 10.1. The first-order chi connectivity index (χ1) is 7.63. The maximum absolute atomic E-state index is 10.8. The van der Waals surface area contributed by atoms with E-state index in [1.807, 2.05) is 0 Å². The topological polar surface area (TPSA) is 72.6 Å². The van der Waals surface area contributed by atoms with Gasteiger partial charge in [-0.05, 0) is 29.7 Å². The number of fused-ring (bicyclic) bond motifs is 1. The SMILES string of the molecule is COc1ccc2c([N+](=O)[O-])c(O)ccc2c1. The van der Waals surface area contributed by atoms with Gasteiger partial charge in [0.05, 0.1) is 17.4 Å². The molecule has 0 unspecified atom stereocenters. The average molecular weight is 219 g/mol. The fraction of sp³-hybridized carbons (Fsp3) is 0.0909. The van der Waals surface area contributed by atoms with Crippen LogP contribution in [-0.4, -0.2) is 17.1 Å². The molecule has 82 valence electrons. The Balaban J connectivity index is 2.79. The summed E-state index contributed by atoms with van der Waals surface area (Å²) >= 11 is 0. The normalized spacial score (nSPS) is 10.3. The van der Waals surface area contributed by atoms with Gasteiger partial charge in [0.25, 0.3) is 0 Å². The third-order valence-electron chi connectivity index (χ3n) is 2.36. The average Bonchev–Trinajstić information content (AvgIpc) is 2.27. The van der Waals surface area contributed by atoms with Gasteiger partial charge in [-0.25, -0.2) is 0 Å². The van der Waals surface area contributed by atoms with Crippen LogP contribution < -0.4 is 4.74 Å². The van der Waals surface area contributed by atoms with Crippen molar-refractivity contribution in [3.8, 4) is 11.5 Å². The highest BCUT2D eigenvalue weighted by molar-refractivity contribution is 5.94. The summed E-state index contributed by atoms with van der Waals surface area (Å²) in [6, 6.07) is 7.78. The van der Waals surface area contributed by atoms with Gasteiger partial charge in [-0.3, -0.25) is 10.1 Å². The minimum atomic E-state index is -0.593. The summed E-state index contributed by atoms with van der Waals surface area (Å²) in [7, 11) is 1.52. The van der Waals surface area contributed by atoms with Gasteiger partial charge < -0.3 is 9.84 Å². The van der Waals surface area contributed by atoms with E-state index in [0.717, 1.165) is 0 Å². The van der Waals surface area contributed by atoms with Crippen LogP contribution in [0.15, 0.2) is 30.3 Å². The number of aromatic hydroxyl groups is 1. The van der Waals surface area contributed by atoms with Crippen LogP contribution in [0.4, 0.5) is 5.69 Å². The summed E-state index contributed by atoms with van der Waals surface area (Å²) < 4.78 is 5.02. The van der Waals surface area contributed by atoms with Crippen molar-refractivity contribution in [1.29, 1.82) is 0 Å². The molecule has 2 rings (SSSR count). The van der Waals surface area contributed by atoms with Gasteiger partial charge in [-0.2, -0.15) is 0 Å². The highest BCUT2D eigenvalue weighted by Gasteiger charge is 2.17. The van der Waals surface area contributed by atoms with Crippen LogP contribution >= 0.6 is 0 Å². The maximum Gasteiger partial charge on any atom is 0.318 e. The second-order valence-electron chi connectivity index (χ2n) is 3.28. The molecule has 0 heterocycles. The standard InChI is InChI=1S/C11H9NO4/c1-16-8-3-4-9-7(6-8)2-5-10(13)11(9)12(14)15/h2-6,13H,1H3. The smallest absolute Gasteiger partial charge is 0.318 e. The number of rotatable bonds is 2. The largest absolute Gasteiger partial charge is 0.502 e. The minimum Gasteiger partial charge on any atom is -0.502 e. The highest BCUT2D eigenvalue weighted by atomic mass is 16.6. The Bertz CT molecular complexity index is 565. The molecule has 0 spiro atoms. The number of phenols is 1. The summed E-state index contributed by atoms with van der Waals surface area (Å²) in [5, 5.41) is 21.3. The van der Waals surface area contributed by atoms with Crippen LogP contribution in [0.25, 0.3) is 10.8 Å². The van der Waals surface area contributed by atoms with E-state index < -0.39 is 4.92 Å². The van der Waals surface area contributed by atoms with E-state index >= 15 is 0 Å². The Labute approximate surface area is 91.0 Å². The lowest BCUT2D eigenvalue weighted by Crippen LogP contribution is -1.91. The van der Waals surface area contributed by atoms with Gasteiger partial charge >= 0.3 is 5.69 Å². The highest BCUT2D eigenvalue weighted by Crippen LogP contribution is 2.35. The van der Waals surface area contributed by atoms with Crippen LogP contribution in [0.3, 0.4) is 0 Å². The summed E-state index contributed by atoms with van der Waals surface area (Å²) in [5.41, 5.74) is -0.278. The molecular formula is C11H9NO4. The van der Waals surface area contributed by atoms with Crippen LogP contribution in [0, 0.1) is 10.1 Å². The lowest BCUT2D eigenvalue weighted by Gasteiger charge is -2.04. The van der Waals surface area contributed by atoms with Crippen molar-refractivity contribution in [2.24, 2.45) is 0 Å². The molecule has 0 radical (unpaired) electrons. The van der Waals surface area contributed by atoms with Crippen molar-refractivity contribution in [3.05, 3.63) is 40.4 Å². The van der Waals surface area contributed by atoms with Gasteiger partial charge in [-0.15, -0.1) is 0 Å². The molecule has 16 heavy (non-hydrogen) atoms. The molecule has 2 aromatic rings. The predicted molar refractivity (Wildman–Crippen MR) is 58.8 cm³/mol. The molecule has 0 aromatic heterocycles. The molecular weight excluding hydrogens is 210 g/mol. The number of hydrogen-bond donors (Lipinski definition) is 1. The summed E-state index contributed by atoms with van der Waals surface area (Å²) in [4.78, 5) is 10.2. The summed E-state index contributed by atoms with van der Waals surface area (Å²) in [5.74, 6) is 0.287. The third-order valence-corrected chi connectivity index (χ3v) is 2.36. The molecule has 0 atom stereocenters. The molecule has 2 aromatic carbocycles. The van der Waals surface area contributed by atoms with Gasteiger partial charge in [0, 0.05) is 0 Å². The first kappa shape index (κ1) is 10.2. The summed E-state index contributed by atoms with van der Waals surface area (Å²) in [6.07, 6.45) is 0. The molecule has 0 aliphatic rings. The molecule has 0 aliphatic carbocycles. The minimum absolute atomic E-state index is 0.278. The van der Waals surface area contributed by atoms with Crippen molar-refractivity contribution in [2.45, 2.75) is 0 Å². The van der Waals surface area contributed by atoms with E-state index in [9.17, 15) is 15.2 Å². The second-order valence-corrected chi connectivity index (χ2v) is 3.28. The van der Waals surface area contributed by atoms with Crippen molar-refractivity contribution >= 4 is 16.5 Å². The lowest BCUT2D eigenvalue weighted by molar-refractivity contribution is -0.384. The first-order valence-electron chi connectivity index (χ1n) is 4.57. The van der Waals surface area contributed by atoms with E-state index in [4.69, 9.17) is 4.74 Å². The Morgan fingerprint density at radius 2 is 2.06 bits per heavy atom. The number of nitro groups is 1. The van der Waals surface area contributed by atoms with Crippen LogP contribution in [-0.2, 0) is 0 Å². The van der Waals surface area contributed by atoms with E-state index in [1.54, 1.807) is 24.3 Å². The predicted octanol–water partition coefficient (Wildman–Crippen LogP) is 2.46. The summed E-state index contributed by atoms with van der Waals surface area (Å²) in [6.45, 7) is 0. The molecule has 5 heteroatoms. The monoisotopic (exact) mass is 219 g/mol. The fourth-order valence-electron chi connectivity index (χ4n) is 1.60. The second kappa shape index (κ2) is 3.69.